The van der Waals surface area contributed by atoms with Crippen LogP contribution in [-0.2, 0) is 0 Å². The molecule has 0 aliphatic carbocycles. The Balaban J connectivity index is 2.16. The van der Waals surface area contributed by atoms with Crippen molar-refractivity contribution in [2.75, 3.05) is 30.3 Å². The van der Waals surface area contributed by atoms with Gasteiger partial charge in [-0.15, -0.1) is 0 Å². The number of nitrogens with zero attached hydrogens (tertiary/aromatic N) is 1. The smallest absolute Gasteiger partial charge is 0.0474 e. The first kappa shape index (κ1) is 16.0. The molecule has 1 unspecified atom stereocenters. The van der Waals surface area contributed by atoms with Crippen LogP contribution in [0.25, 0.3) is 0 Å². The van der Waals surface area contributed by atoms with E-state index < -0.39 is 0 Å². The van der Waals surface area contributed by atoms with Gasteiger partial charge in [0.25, 0.3) is 0 Å². The van der Waals surface area contributed by atoms with Crippen molar-refractivity contribution in [3.8, 4) is 0 Å². The second-order valence-electron chi connectivity index (χ2n) is 6.01. The molecule has 2 nitrogen and oxygen atoms in total. The Labute approximate surface area is 132 Å². The minimum atomic E-state index is 0.301. The largest absolute Gasteiger partial charge is 0.369 e. The standard InChI is InChI=1S/C16H25ClN2S/c1-5-18-12(2)14-7-6-13(10-15(14)17)19-8-9-20-16(3,4)11-19/h6-7,10,12,18H,5,8-9,11H2,1-4H3. The molecule has 1 fully saturated rings. The van der Waals surface area contributed by atoms with Gasteiger partial charge in [0.1, 0.15) is 0 Å². The molecule has 1 aromatic rings. The van der Waals surface area contributed by atoms with Crippen LogP contribution in [0.15, 0.2) is 18.2 Å². The van der Waals surface area contributed by atoms with Gasteiger partial charge < -0.3 is 10.2 Å². The van der Waals surface area contributed by atoms with Gasteiger partial charge in [0.15, 0.2) is 0 Å². The number of halogens is 1. The summed E-state index contributed by atoms with van der Waals surface area (Å²) < 4.78 is 0.320. The van der Waals surface area contributed by atoms with E-state index in [1.165, 1.54) is 17.0 Å². The molecule has 2 rings (SSSR count). The Hall–Kier alpha value is -0.380. The van der Waals surface area contributed by atoms with E-state index >= 15 is 0 Å². The summed E-state index contributed by atoms with van der Waals surface area (Å²) >= 11 is 8.53. The summed E-state index contributed by atoms with van der Waals surface area (Å²) in [6.45, 7) is 12.0. The molecule has 0 spiro atoms. The summed E-state index contributed by atoms with van der Waals surface area (Å²) in [7, 11) is 0. The normalized spacial score (nSPS) is 19.9. The van der Waals surface area contributed by atoms with Crippen LogP contribution in [0.2, 0.25) is 5.02 Å². The fourth-order valence-electron chi connectivity index (χ4n) is 2.72. The molecule has 0 aromatic heterocycles. The zero-order valence-electron chi connectivity index (χ0n) is 12.9. The third-order valence-electron chi connectivity index (χ3n) is 3.75. The van der Waals surface area contributed by atoms with E-state index in [4.69, 9.17) is 11.6 Å². The van der Waals surface area contributed by atoms with Crippen molar-refractivity contribution in [1.29, 1.82) is 0 Å². The third kappa shape index (κ3) is 3.84. The Morgan fingerprint density at radius 1 is 1.45 bits per heavy atom. The van der Waals surface area contributed by atoms with E-state index in [2.05, 4.69) is 67.9 Å². The number of anilines is 1. The van der Waals surface area contributed by atoms with E-state index in [1.807, 2.05) is 0 Å². The second-order valence-corrected chi connectivity index (χ2v) is 8.22. The fraction of sp³-hybridized carbons (Fsp3) is 0.625. The summed E-state index contributed by atoms with van der Waals surface area (Å²) in [6.07, 6.45) is 0. The summed E-state index contributed by atoms with van der Waals surface area (Å²) in [6, 6.07) is 6.80. The lowest BCUT2D eigenvalue weighted by molar-refractivity contribution is 0.598. The predicted octanol–water partition coefficient (Wildman–Crippen LogP) is 4.34. The number of nitrogens with one attached hydrogen (secondary N) is 1. The van der Waals surface area contributed by atoms with Crippen LogP contribution < -0.4 is 10.2 Å². The molecule has 20 heavy (non-hydrogen) atoms. The van der Waals surface area contributed by atoms with Gasteiger partial charge in [-0.25, -0.2) is 0 Å². The molecule has 1 aromatic carbocycles. The zero-order chi connectivity index (χ0) is 14.8. The highest BCUT2D eigenvalue weighted by Crippen LogP contribution is 2.34. The van der Waals surface area contributed by atoms with E-state index in [0.717, 1.165) is 24.7 Å². The number of hydrogen-bond acceptors (Lipinski definition) is 3. The van der Waals surface area contributed by atoms with Crippen LogP contribution in [0.3, 0.4) is 0 Å². The van der Waals surface area contributed by atoms with Crippen LogP contribution in [0.5, 0.6) is 0 Å². The second kappa shape index (κ2) is 6.59. The van der Waals surface area contributed by atoms with E-state index in [0.29, 0.717) is 10.8 Å². The zero-order valence-corrected chi connectivity index (χ0v) is 14.4. The van der Waals surface area contributed by atoms with Gasteiger partial charge in [-0.05, 0) is 45.0 Å². The van der Waals surface area contributed by atoms with Gasteiger partial charge in [-0.2, -0.15) is 11.8 Å². The number of thioether (sulfide) groups is 1. The summed E-state index contributed by atoms with van der Waals surface area (Å²) in [4.78, 5) is 2.45. The van der Waals surface area contributed by atoms with Crippen LogP contribution in [0.4, 0.5) is 5.69 Å². The Morgan fingerprint density at radius 3 is 2.80 bits per heavy atom. The molecule has 0 saturated carbocycles. The molecule has 1 saturated heterocycles. The van der Waals surface area contributed by atoms with Gasteiger partial charge in [-0.1, -0.05) is 24.6 Å². The molecule has 1 aliphatic rings. The minimum Gasteiger partial charge on any atom is -0.369 e. The molecule has 4 heteroatoms. The molecular formula is C16H25ClN2S. The molecule has 0 bridgehead atoms. The van der Waals surface area contributed by atoms with Crippen LogP contribution in [0.1, 0.15) is 39.3 Å². The Bertz CT molecular complexity index is 462. The Kier molecular flexibility index (Phi) is 5.27. The first-order chi connectivity index (χ1) is 9.43. The minimum absolute atomic E-state index is 0.301. The van der Waals surface area contributed by atoms with Gasteiger partial charge in [0.05, 0.1) is 0 Å². The van der Waals surface area contributed by atoms with Crippen molar-refractivity contribution < 1.29 is 0 Å². The predicted molar refractivity (Wildman–Crippen MR) is 92.3 cm³/mol. The van der Waals surface area contributed by atoms with Gasteiger partial charge in [-0.3, -0.25) is 0 Å². The van der Waals surface area contributed by atoms with Crippen LogP contribution in [0, 0.1) is 0 Å². The summed E-state index contributed by atoms with van der Waals surface area (Å²) in [5, 5.41) is 4.28. The summed E-state index contributed by atoms with van der Waals surface area (Å²) in [5.74, 6) is 1.18. The highest BCUT2D eigenvalue weighted by molar-refractivity contribution is 8.00. The van der Waals surface area contributed by atoms with Crippen molar-refractivity contribution in [2.45, 2.75) is 38.5 Å². The van der Waals surface area contributed by atoms with Gasteiger partial charge in [0, 0.05) is 40.3 Å². The maximum absolute atomic E-state index is 6.48. The van der Waals surface area contributed by atoms with Crippen molar-refractivity contribution in [2.24, 2.45) is 0 Å². The SMILES string of the molecule is CCNC(C)c1ccc(N2CCSC(C)(C)C2)cc1Cl. The van der Waals surface area contributed by atoms with Gasteiger partial charge in [0.2, 0.25) is 0 Å². The van der Waals surface area contributed by atoms with Crippen molar-refractivity contribution in [3.05, 3.63) is 28.8 Å². The highest BCUT2D eigenvalue weighted by atomic mass is 35.5. The van der Waals surface area contributed by atoms with E-state index in [1.54, 1.807) is 0 Å². The topological polar surface area (TPSA) is 15.3 Å². The van der Waals surface area contributed by atoms with Crippen LogP contribution >= 0.6 is 23.4 Å². The van der Waals surface area contributed by atoms with E-state index in [-0.39, 0.29) is 0 Å². The number of hydrogen-bond donors (Lipinski definition) is 1. The lowest BCUT2D eigenvalue weighted by Crippen LogP contribution is -2.43. The third-order valence-corrected chi connectivity index (χ3v) is 5.38. The average Bonchev–Trinajstić information content (AvgIpc) is 2.37. The lowest BCUT2D eigenvalue weighted by atomic mass is 10.1. The number of benzene rings is 1. The van der Waals surface area contributed by atoms with Gasteiger partial charge >= 0.3 is 0 Å². The number of rotatable bonds is 4. The van der Waals surface area contributed by atoms with Crippen molar-refractivity contribution in [1.82, 2.24) is 5.32 Å². The lowest BCUT2D eigenvalue weighted by Gasteiger charge is -2.39. The van der Waals surface area contributed by atoms with Crippen LogP contribution in [-0.4, -0.2) is 30.1 Å². The van der Waals surface area contributed by atoms with E-state index in [9.17, 15) is 0 Å². The fourth-order valence-corrected chi connectivity index (χ4v) is 4.17. The molecule has 1 atom stereocenters. The molecular weight excluding hydrogens is 288 g/mol. The molecule has 0 radical (unpaired) electrons. The quantitative estimate of drug-likeness (QED) is 0.890. The highest BCUT2D eigenvalue weighted by Gasteiger charge is 2.27. The maximum atomic E-state index is 6.48. The molecule has 1 aliphatic heterocycles. The maximum Gasteiger partial charge on any atom is 0.0474 e. The molecule has 1 N–H and O–H groups in total. The monoisotopic (exact) mass is 312 g/mol. The molecule has 0 amide bonds. The summed E-state index contributed by atoms with van der Waals surface area (Å²) in [5.41, 5.74) is 2.43. The Morgan fingerprint density at radius 2 is 2.20 bits per heavy atom. The molecule has 1 heterocycles. The van der Waals surface area contributed by atoms with Crippen molar-refractivity contribution in [3.63, 3.8) is 0 Å². The first-order valence-electron chi connectivity index (χ1n) is 7.34. The van der Waals surface area contributed by atoms with Crippen molar-refractivity contribution >= 4 is 29.1 Å². The average molecular weight is 313 g/mol. The molecule has 112 valence electrons. The first-order valence-corrected chi connectivity index (χ1v) is 8.71.